The van der Waals surface area contributed by atoms with Gasteiger partial charge >= 0.3 is 0 Å². The van der Waals surface area contributed by atoms with Crippen molar-refractivity contribution in [2.45, 2.75) is 39.7 Å². The second-order valence-electron chi connectivity index (χ2n) is 4.63. The molecule has 98 valence electrons. The number of benzene rings is 1. The summed E-state index contributed by atoms with van der Waals surface area (Å²) in [5, 5.41) is 2.96. The quantitative estimate of drug-likeness (QED) is 0.803. The van der Waals surface area contributed by atoms with E-state index in [1.54, 1.807) is 0 Å². The molecule has 0 aliphatic carbocycles. The largest absolute Gasteiger partial charge is 0.393 e. The second-order valence-corrected chi connectivity index (χ2v) is 5.15. The van der Waals surface area contributed by atoms with E-state index in [4.69, 9.17) is 18.0 Å². The van der Waals surface area contributed by atoms with Gasteiger partial charge in [0.1, 0.15) is 0 Å². The summed E-state index contributed by atoms with van der Waals surface area (Å²) < 4.78 is 0. The van der Waals surface area contributed by atoms with Gasteiger partial charge in [-0.1, -0.05) is 36.3 Å². The Kier molecular flexibility index (Phi) is 5.28. The van der Waals surface area contributed by atoms with Crippen LogP contribution in [-0.2, 0) is 0 Å². The van der Waals surface area contributed by atoms with E-state index in [9.17, 15) is 4.79 Å². The van der Waals surface area contributed by atoms with E-state index < -0.39 is 0 Å². The SMILES string of the molecule is CCC(CC(N)=S)NC(=O)c1cc(C)cc(C)c1. The Morgan fingerprint density at radius 1 is 1.33 bits per heavy atom. The number of rotatable bonds is 5. The van der Waals surface area contributed by atoms with Crippen molar-refractivity contribution in [2.24, 2.45) is 5.73 Å². The Hall–Kier alpha value is -1.42. The van der Waals surface area contributed by atoms with Crippen molar-refractivity contribution >= 4 is 23.1 Å². The van der Waals surface area contributed by atoms with Gasteiger partial charge in [-0.25, -0.2) is 0 Å². The van der Waals surface area contributed by atoms with Gasteiger partial charge in [0, 0.05) is 18.0 Å². The lowest BCUT2D eigenvalue weighted by atomic mass is 10.1. The minimum absolute atomic E-state index is 0.0100. The van der Waals surface area contributed by atoms with Crippen molar-refractivity contribution in [2.75, 3.05) is 0 Å². The van der Waals surface area contributed by atoms with Crippen molar-refractivity contribution in [3.05, 3.63) is 34.9 Å². The molecule has 0 radical (unpaired) electrons. The Morgan fingerprint density at radius 2 is 1.89 bits per heavy atom. The molecule has 0 aliphatic heterocycles. The van der Waals surface area contributed by atoms with Gasteiger partial charge in [0.2, 0.25) is 0 Å². The monoisotopic (exact) mass is 264 g/mol. The third kappa shape index (κ3) is 4.45. The van der Waals surface area contributed by atoms with E-state index in [0.29, 0.717) is 17.0 Å². The van der Waals surface area contributed by atoms with Gasteiger partial charge < -0.3 is 11.1 Å². The highest BCUT2D eigenvalue weighted by molar-refractivity contribution is 7.80. The van der Waals surface area contributed by atoms with Crippen molar-refractivity contribution in [3.63, 3.8) is 0 Å². The fourth-order valence-corrected chi connectivity index (χ4v) is 2.12. The minimum atomic E-state index is -0.0649. The van der Waals surface area contributed by atoms with Crippen molar-refractivity contribution in [1.82, 2.24) is 5.32 Å². The number of carbonyl (C=O) groups is 1. The summed E-state index contributed by atoms with van der Waals surface area (Å²) >= 11 is 4.88. The molecule has 0 saturated heterocycles. The zero-order valence-electron chi connectivity index (χ0n) is 11.1. The number of nitrogens with two attached hydrogens (primary N) is 1. The minimum Gasteiger partial charge on any atom is -0.393 e. The fraction of sp³-hybridized carbons (Fsp3) is 0.429. The van der Waals surface area contributed by atoms with Crippen LogP contribution in [0.1, 0.15) is 41.3 Å². The first-order valence-corrected chi connectivity index (χ1v) is 6.50. The van der Waals surface area contributed by atoms with Crippen molar-refractivity contribution in [3.8, 4) is 0 Å². The number of nitrogens with one attached hydrogen (secondary N) is 1. The first-order valence-electron chi connectivity index (χ1n) is 6.09. The van der Waals surface area contributed by atoms with Gasteiger partial charge in [-0.2, -0.15) is 0 Å². The summed E-state index contributed by atoms with van der Waals surface area (Å²) in [5.74, 6) is -0.0649. The molecule has 0 bridgehead atoms. The molecule has 3 N–H and O–H groups in total. The maximum absolute atomic E-state index is 12.1. The summed E-state index contributed by atoms with van der Waals surface area (Å²) in [6, 6.07) is 5.82. The Bertz CT molecular complexity index is 437. The van der Waals surface area contributed by atoms with E-state index >= 15 is 0 Å². The van der Waals surface area contributed by atoms with Crippen LogP contribution in [0, 0.1) is 13.8 Å². The van der Waals surface area contributed by atoms with Gasteiger partial charge in [0.05, 0.1) is 4.99 Å². The molecule has 1 rings (SSSR count). The fourth-order valence-electron chi connectivity index (χ4n) is 1.91. The second kappa shape index (κ2) is 6.50. The number of aryl methyl sites for hydroxylation is 2. The van der Waals surface area contributed by atoms with E-state index in [0.717, 1.165) is 17.5 Å². The predicted octanol–water partition coefficient (Wildman–Crippen LogP) is 2.49. The highest BCUT2D eigenvalue weighted by Crippen LogP contribution is 2.09. The average molecular weight is 264 g/mol. The van der Waals surface area contributed by atoms with Gasteiger partial charge in [-0.3, -0.25) is 4.79 Å². The van der Waals surface area contributed by atoms with Crippen molar-refractivity contribution in [1.29, 1.82) is 0 Å². The standard InChI is InChI=1S/C14H20N2OS/c1-4-12(8-13(15)18)16-14(17)11-6-9(2)5-10(3)7-11/h5-7,12H,4,8H2,1-3H3,(H2,15,18)(H,16,17). The lowest BCUT2D eigenvalue weighted by Crippen LogP contribution is -2.37. The van der Waals surface area contributed by atoms with E-state index in [1.807, 2.05) is 39.0 Å². The average Bonchev–Trinajstić information content (AvgIpc) is 2.26. The molecule has 18 heavy (non-hydrogen) atoms. The number of hydrogen-bond donors (Lipinski definition) is 2. The maximum Gasteiger partial charge on any atom is 0.251 e. The van der Waals surface area contributed by atoms with Gasteiger partial charge in [0.25, 0.3) is 5.91 Å². The van der Waals surface area contributed by atoms with Crippen molar-refractivity contribution < 1.29 is 4.79 Å². The van der Waals surface area contributed by atoms with Crippen LogP contribution < -0.4 is 11.1 Å². The van der Waals surface area contributed by atoms with Crippen LogP contribution in [0.3, 0.4) is 0 Å². The molecule has 1 aromatic rings. The Morgan fingerprint density at radius 3 is 2.33 bits per heavy atom. The molecular formula is C14H20N2OS. The third-order valence-electron chi connectivity index (χ3n) is 2.76. The molecule has 1 unspecified atom stereocenters. The van der Waals surface area contributed by atoms with Gasteiger partial charge in [-0.15, -0.1) is 0 Å². The lowest BCUT2D eigenvalue weighted by Gasteiger charge is -2.16. The molecule has 0 aromatic heterocycles. The molecular weight excluding hydrogens is 244 g/mol. The first-order chi connectivity index (χ1) is 8.42. The number of carbonyl (C=O) groups excluding carboxylic acids is 1. The summed E-state index contributed by atoms with van der Waals surface area (Å²) in [7, 11) is 0. The molecule has 0 saturated carbocycles. The normalized spacial score (nSPS) is 11.9. The molecule has 0 heterocycles. The molecule has 1 amide bonds. The smallest absolute Gasteiger partial charge is 0.251 e. The van der Waals surface area contributed by atoms with E-state index in [-0.39, 0.29) is 11.9 Å². The predicted molar refractivity (Wildman–Crippen MR) is 78.9 cm³/mol. The van der Waals surface area contributed by atoms with E-state index in [2.05, 4.69) is 5.32 Å². The topological polar surface area (TPSA) is 55.1 Å². The molecule has 4 heteroatoms. The highest BCUT2D eigenvalue weighted by Gasteiger charge is 2.13. The molecule has 1 atom stereocenters. The summed E-state index contributed by atoms with van der Waals surface area (Å²) in [5.41, 5.74) is 8.37. The van der Waals surface area contributed by atoms with Crippen LogP contribution >= 0.6 is 12.2 Å². The van der Waals surface area contributed by atoms with Crippen LogP contribution in [0.4, 0.5) is 0 Å². The number of hydrogen-bond acceptors (Lipinski definition) is 2. The molecule has 0 spiro atoms. The summed E-state index contributed by atoms with van der Waals surface area (Å²) in [6.45, 7) is 5.97. The summed E-state index contributed by atoms with van der Waals surface area (Å²) in [4.78, 5) is 12.5. The van der Waals surface area contributed by atoms with Gasteiger partial charge in [-0.05, 0) is 32.4 Å². The Balaban J connectivity index is 2.77. The molecule has 3 nitrogen and oxygen atoms in total. The highest BCUT2D eigenvalue weighted by atomic mass is 32.1. The zero-order chi connectivity index (χ0) is 13.7. The van der Waals surface area contributed by atoms with Crippen LogP contribution in [-0.4, -0.2) is 16.9 Å². The third-order valence-corrected chi connectivity index (χ3v) is 2.93. The first kappa shape index (κ1) is 14.6. The molecule has 0 fully saturated rings. The summed E-state index contributed by atoms with van der Waals surface area (Å²) in [6.07, 6.45) is 1.36. The zero-order valence-corrected chi connectivity index (χ0v) is 11.9. The van der Waals surface area contributed by atoms with Crippen LogP contribution in [0.25, 0.3) is 0 Å². The molecule has 0 aliphatic rings. The maximum atomic E-state index is 12.1. The Labute approximate surface area is 114 Å². The number of amides is 1. The lowest BCUT2D eigenvalue weighted by molar-refractivity contribution is 0.0937. The number of thiocarbonyl (C=S) groups is 1. The van der Waals surface area contributed by atoms with E-state index in [1.165, 1.54) is 0 Å². The van der Waals surface area contributed by atoms with Crippen LogP contribution in [0.2, 0.25) is 0 Å². The van der Waals surface area contributed by atoms with Crippen LogP contribution in [0.15, 0.2) is 18.2 Å². The van der Waals surface area contributed by atoms with Gasteiger partial charge in [0.15, 0.2) is 0 Å². The molecule has 1 aromatic carbocycles. The van der Waals surface area contributed by atoms with Crippen LogP contribution in [0.5, 0.6) is 0 Å².